The molecule has 1 fully saturated rings. The summed E-state index contributed by atoms with van der Waals surface area (Å²) >= 11 is 0. The molecule has 0 amide bonds. The first-order valence-electron chi connectivity index (χ1n) is 10.6. The number of methoxy groups -OCH3 is 1. The summed E-state index contributed by atoms with van der Waals surface area (Å²) in [4.78, 5) is 2.19. The van der Waals surface area contributed by atoms with Crippen LogP contribution in [0.4, 0.5) is 19.0 Å². The summed E-state index contributed by atoms with van der Waals surface area (Å²) in [5, 5.41) is 12.3. The van der Waals surface area contributed by atoms with Gasteiger partial charge >= 0.3 is 6.18 Å². The van der Waals surface area contributed by atoms with Gasteiger partial charge in [0.25, 0.3) is 0 Å². The number of ether oxygens (including phenoxy) is 1. The van der Waals surface area contributed by atoms with Crippen molar-refractivity contribution in [2.75, 3.05) is 25.1 Å². The van der Waals surface area contributed by atoms with Gasteiger partial charge in [0.1, 0.15) is 5.75 Å². The standard InChI is InChI=1S/C24H25F3N4O/c1-32-22-7-3-2-6-20(22)21-12-13-23(30-29-21)31-14-4-5-19(16-31)28-15-17-8-10-18(11-9-17)24(25,26)27/h2-3,6-13,19,28H,4-5,14-16H2,1H3. The second-order valence-corrected chi connectivity index (χ2v) is 7.84. The number of hydrogen-bond acceptors (Lipinski definition) is 5. The zero-order valence-corrected chi connectivity index (χ0v) is 17.8. The van der Waals surface area contributed by atoms with Crippen LogP contribution in [0.3, 0.4) is 0 Å². The van der Waals surface area contributed by atoms with Crippen LogP contribution in [0.25, 0.3) is 11.3 Å². The summed E-state index contributed by atoms with van der Waals surface area (Å²) in [5.74, 6) is 1.56. The summed E-state index contributed by atoms with van der Waals surface area (Å²) in [7, 11) is 1.63. The molecule has 1 N–H and O–H groups in total. The van der Waals surface area contributed by atoms with Crippen LogP contribution in [0.15, 0.2) is 60.7 Å². The Morgan fingerprint density at radius 2 is 1.81 bits per heavy atom. The summed E-state index contributed by atoms with van der Waals surface area (Å²) in [6.07, 6.45) is -2.30. The minimum atomic E-state index is -4.31. The largest absolute Gasteiger partial charge is 0.496 e. The molecular weight excluding hydrogens is 417 g/mol. The fourth-order valence-corrected chi connectivity index (χ4v) is 3.92. The van der Waals surface area contributed by atoms with Gasteiger partial charge in [-0.2, -0.15) is 13.2 Å². The Morgan fingerprint density at radius 3 is 2.50 bits per heavy atom. The van der Waals surface area contributed by atoms with Crippen LogP contribution < -0.4 is 15.0 Å². The van der Waals surface area contributed by atoms with Gasteiger partial charge in [0.15, 0.2) is 5.82 Å². The number of benzene rings is 2. The highest BCUT2D eigenvalue weighted by Crippen LogP contribution is 2.30. The van der Waals surface area contributed by atoms with Gasteiger partial charge in [-0.25, -0.2) is 0 Å². The van der Waals surface area contributed by atoms with Crippen molar-refractivity contribution in [2.45, 2.75) is 31.6 Å². The van der Waals surface area contributed by atoms with Crippen LogP contribution in [0.2, 0.25) is 0 Å². The number of aromatic nitrogens is 2. The highest BCUT2D eigenvalue weighted by Gasteiger charge is 2.30. The lowest BCUT2D eigenvalue weighted by Crippen LogP contribution is -2.45. The molecule has 168 valence electrons. The molecule has 1 atom stereocenters. The van der Waals surface area contributed by atoms with E-state index in [1.807, 2.05) is 36.4 Å². The highest BCUT2D eigenvalue weighted by atomic mass is 19.4. The molecule has 0 bridgehead atoms. The average molecular weight is 442 g/mol. The van der Waals surface area contributed by atoms with Crippen LogP contribution in [-0.4, -0.2) is 36.4 Å². The predicted octanol–water partition coefficient (Wildman–Crippen LogP) is 4.93. The lowest BCUT2D eigenvalue weighted by Gasteiger charge is -2.34. The van der Waals surface area contributed by atoms with Gasteiger partial charge in [-0.3, -0.25) is 0 Å². The molecule has 2 heterocycles. The molecule has 32 heavy (non-hydrogen) atoms. The van der Waals surface area contributed by atoms with Crippen LogP contribution in [0.5, 0.6) is 5.75 Å². The maximum Gasteiger partial charge on any atom is 0.416 e. The topological polar surface area (TPSA) is 50.3 Å². The Labute approximate surface area is 185 Å². The monoisotopic (exact) mass is 442 g/mol. The van der Waals surface area contributed by atoms with E-state index in [0.717, 1.165) is 66.5 Å². The number of piperidine rings is 1. The maximum absolute atomic E-state index is 12.7. The first-order chi connectivity index (χ1) is 15.4. The predicted molar refractivity (Wildman–Crippen MR) is 118 cm³/mol. The van der Waals surface area contributed by atoms with Gasteiger partial charge in [0.2, 0.25) is 0 Å². The highest BCUT2D eigenvalue weighted by molar-refractivity contribution is 5.67. The second-order valence-electron chi connectivity index (χ2n) is 7.84. The molecule has 0 spiro atoms. The molecule has 4 rings (SSSR count). The molecule has 0 saturated carbocycles. The van der Waals surface area contributed by atoms with Gasteiger partial charge < -0.3 is 15.0 Å². The third-order valence-electron chi connectivity index (χ3n) is 5.65. The lowest BCUT2D eigenvalue weighted by atomic mass is 10.0. The van der Waals surface area contributed by atoms with Crippen molar-refractivity contribution in [1.82, 2.24) is 15.5 Å². The van der Waals surface area contributed by atoms with Gasteiger partial charge in [-0.15, -0.1) is 10.2 Å². The van der Waals surface area contributed by atoms with E-state index in [0.29, 0.717) is 6.54 Å². The molecule has 1 aliphatic heterocycles. The zero-order valence-electron chi connectivity index (χ0n) is 17.8. The zero-order chi connectivity index (χ0) is 22.6. The van der Waals surface area contributed by atoms with E-state index in [-0.39, 0.29) is 6.04 Å². The summed E-state index contributed by atoms with van der Waals surface area (Å²) in [6.45, 7) is 2.18. The number of alkyl halides is 3. The van der Waals surface area contributed by atoms with Crippen molar-refractivity contribution in [2.24, 2.45) is 0 Å². The number of rotatable bonds is 6. The molecule has 2 aromatic carbocycles. The van der Waals surface area contributed by atoms with E-state index < -0.39 is 11.7 Å². The van der Waals surface area contributed by atoms with Crippen molar-refractivity contribution in [3.05, 3.63) is 71.8 Å². The molecule has 0 aliphatic carbocycles. The number of halogens is 3. The van der Waals surface area contributed by atoms with Crippen LogP contribution in [0.1, 0.15) is 24.0 Å². The Kier molecular flexibility index (Phi) is 6.60. The fraction of sp³-hybridized carbons (Fsp3) is 0.333. The van der Waals surface area contributed by atoms with Crippen molar-refractivity contribution in [1.29, 1.82) is 0 Å². The molecule has 3 aromatic rings. The van der Waals surface area contributed by atoms with E-state index in [2.05, 4.69) is 20.4 Å². The van der Waals surface area contributed by atoms with E-state index in [4.69, 9.17) is 4.74 Å². The fourth-order valence-electron chi connectivity index (χ4n) is 3.92. The van der Waals surface area contributed by atoms with E-state index >= 15 is 0 Å². The van der Waals surface area contributed by atoms with Crippen LogP contribution >= 0.6 is 0 Å². The number of para-hydroxylation sites is 1. The number of nitrogens with zero attached hydrogens (tertiary/aromatic N) is 3. The SMILES string of the molecule is COc1ccccc1-c1ccc(N2CCCC(NCc3ccc(C(F)(F)F)cc3)C2)nn1. The van der Waals surface area contributed by atoms with Crippen molar-refractivity contribution < 1.29 is 17.9 Å². The normalized spacial score (nSPS) is 16.8. The molecule has 1 saturated heterocycles. The quantitative estimate of drug-likeness (QED) is 0.587. The molecule has 5 nitrogen and oxygen atoms in total. The number of hydrogen-bond donors (Lipinski definition) is 1. The number of nitrogens with one attached hydrogen (secondary N) is 1. The third kappa shape index (κ3) is 5.19. The molecule has 1 aromatic heterocycles. The van der Waals surface area contributed by atoms with E-state index in [9.17, 15) is 13.2 Å². The molecule has 1 unspecified atom stereocenters. The Balaban J connectivity index is 1.36. The van der Waals surface area contributed by atoms with Gasteiger partial charge in [-0.05, 0) is 54.8 Å². The van der Waals surface area contributed by atoms with Gasteiger partial charge in [-0.1, -0.05) is 24.3 Å². The Bertz CT molecular complexity index is 1020. The summed E-state index contributed by atoms with van der Waals surface area (Å²) < 4.78 is 43.6. The Hall–Kier alpha value is -3.13. The average Bonchev–Trinajstić information content (AvgIpc) is 2.83. The molecular formula is C24H25F3N4O. The van der Waals surface area contributed by atoms with Gasteiger partial charge in [0.05, 0.1) is 18.4 Å². The summed E-state index contributed by atoms with van der Waals surface area (Å²) in [6, 6.07) is 17.1. The minimum Gasteiger partial charge on any atom is -0.496 e. The molecule has 8 heteroatoms. The van der Waals surface area contributed by atoms with Crippen molar-refractivity contribution >= 4 is 5.82 Å². The van der Waals surface area contributed by atoms with Crippen LogP contribution in [-0.2, 0) is 12.7 Å². The summed E-state index contributed by atoms with van der Waals surface area (Å²) in [5.41, 5.74) is 1.85. The maximum atomic E-state index is 12.7. The van der Waals surface area contributed by atoms with Gasteiger partial charge in [0, 0.05) is 31.2 Å². The van der Waals surface area contributed by atoms with Crippen molar-refractivity contribution in [3.8, 4) is 17.0 Å². The van der Waals surface area contributed by atoms with Crippen molar-refractivity contribution in [3.63, 3.8) is 0 Å². The van der Waals surface area contributed by atoms with E-state index in [1.165, 1.54) is 12.1 Å². The molecule has 1 aliphatic rings. The Morgan fingerprint density at radius 1 is 1.03 bits per heavy atom. The smallest absolute Gasteiger partial charge is 0.416 e. The lowest BCUT2D eigenvalue weighted by molar-refractivity contribution is -0.137. The first kappa shape index (κ1) is 22.1. The molecule has 0 radical (unpaired) electrons. The van der Waals surface area contributed by atoms with E-state index in [1.54, 1.807) is 7.11 Å². The third-order valence-corrected chi connectivity index (χ3v) is 5.65. The number of anilines is 1. The second kappa shape index (κ2) is 9.56. The first-order valence-corrected chi connectivity index (χ1v) is 10.6. The minimum absolute atomic E-state index is 0.224. The van der Waals surface area contributed by atoms with Crippen LogP contribution in [0, 0.1) is 0 Å².